The van der Waals surface area contributed by atoms with E-state index in [1.165, 1.54) is 14.2 Å². The maximum atomic E-state index is 13.4. The van der Waals surface area contributed by atoms with Gasteiger partial charge in [-0.1, -0.05) is 41.6 Å². The zero-order valence-corrected chi connectivity index (χ0v) is 20.2. The molecule has 0 amide bonds. The number of anilines is 1. The van der Waals surface area contributed by atoms with Gasteiger partial charge in [-0.3, -0.25) is 4.72 Å². The topological polar surface area (TPSA) is 109 Å². The summed E-state index contributed by atoms with van der Waals surface area (Å²) in [6.07, 6.45) is 0.373. The molecule has 1 atom stereocenters. The van der Waals surface area contributed by atoms with E-state index in [9.17, 15) is 8.42 Å². The van der Waals surface area contributed by atoms with Crippen LogP contribution in [-0.2, 0) is 21.2 Å². The minimum Gasteiger partial charge on any atom is -0.495 e. The quantitative estimate of drug-likeness (QED) is 0.385. The summed E-state index contributed by atoms with van der Waals surface area (Å²) in [4.78, 5) is -0.142. The summed E-state index contributed by atoms with van der Waals surface area (Å²) in [6.45, 7) is 0.384. The second-order valence-corrected chi connectivity index (χ2v) is 9.62. The maximum Gasteiger partial charge on any atom is 0.270 e. The molecule has 1 aliphatic heterocycles. The molecule has 1 aromatic heterocycles. The summed E-state index contributed by atoms with van der Waals surface area (Å²) in [6, 6.07) is 16.4. The van der Waals surface area contributed by atoms with Gasteiger partial charge in [0.1, 0.15) is 28.7 Å². The van der Waals surface area contributed by atoms with Gasteiger partial charge in [0.2, 0.25) is 0 Å². The van der Waals surface area contributed by atoms with Crippen LogP contribution >= 0.6 is 0 Å². The molecule has 0 radical (unpaired) electrons. The first-order chi connectivity index (χ1) is 17.0. The zero-order valence-electron chi connectivity index (χ0n) is 19.4. The Bertz CT molecular complexity index is 1460. The number of hydrogen-bond acceptors (Lipinski definition) is 8. The molecule has 0 fully saturated rings. The fourth-order valence-corrected chi connectivity index (χ4v) is 5.69. The highest BCUT2D eigenvalue weighted by Gasteiger charge is 2.33. The molecular formula is C25H24N2O7S. The number of fused-ring (bicyclic) bond motifs is 3. The van der Waals surface area contributed by atoms with Gasteiger partial charge in [0.15, 0.2) is 16.3 Å². The van der Waals surface area contributed by atoms with Crippen molar-refractivity contribution in [3.05, 3.63) is 60.2 Å². The highest BCUT2D eigenvalue weighted by atomic mass is 32.2. The average molecular weight is 497 g/mol. The molecule has 0 saturated heterocycles. The Balaban J connectivity index is 1.65. The van der Waals surface area contributed by atoms with Crippen LogP contribution in [0.3, 0.4) is 0 Å². The summed E-state index contributed by atoms with van der Waals surface area (Å²) in [5, 5.41) is 4.48. The molecule has 10 heteroatoms. The van der Waals surface area contributed by atoms with Crippen molar-refractivity contribution < 1.29 is 31.9 Å². The first-order valence-electron chi connectivity index (χ1n) is 10.9. The number of ether oxygens (including phenoxy) is 4. The minimum absolute atomic E-state index is 0.0156. The maximum absolute atomic E-state index is 13.4. The SMILES string of the molecule is COCC1Cc2c(-c3ccccc3)cc3onc(NS(=O)(=O)c4c(OC)cccc4OC)c3c2O1. The molecule has 0 spiro atoms. The lowest BCUT2D eigenvalue weighted by atomic mass is 9.95. The number of nitrogens with one attached hydrogen (secondary N) is 1. The van der Waals surface area contributed by atoms with Gasteiger partial charge in [0, 0.05) is 19.1 Å². The fraction of sp³-hybridized carbons (Fsp3) is 0.240. The van der Waals surface area contributed by atoms with E-state index in [2.05, 4.69) is 9.88 Å². The van der Waals surface area contributed by atoms with Crippen molar-refractivity contribution in [2.75, 3.05) is 32.7 Å². The van der Waals surface area contributed by atoms with Crippen molar-refractivity contribution in [1.82, 2.24) is 5.16 Å². The average Bonchev–Trinajstić information content (AvgIpc) is 3.47. The van der Waals surface area contributed by atoms with Crippen molar-refractivity contribution >= 4 is 26.8 Å². The molecule has 4 aromatic rings. The molecule has 5 rings (SSSR count). The molecular weight excluding hydrogens is 472 g/mol. The van der Waals surface area contributed by atoms with Gasteiger partial charge in [-0.25, -0.2) is 8.42 Å². The molecule has 0 saturated carbocycles. The molecule has 182 valence electrons. The Kier molecular flexibility index (Phi) is 6.00. The summed E-state index contributed by atoms with van der Waals surface area (Å²) in [7, 11) is 0.224. The Labute approximate surface area is 202 Å². The summed E-state index contributed by atoms with van der Waals surface area (Å²) in [5.74, 6) is 0.812. The number of aromatic nitrogens is 1. The second-order valence-electron chi connectivity index (χ2n) is 8.00. The fourth-order valence-electron chi connectivity index (χ4n) is 4.37. The van der Waals surface area contributed by atoms with E-state index in [1.54, 1.807) is 25.3 Å². The number of rotatable bonds is 8. The highest BCUT2D eigenvalue weighted by Crippen LogP contribution is 2.46. The molecule has 35 heavy (non-hydrogen) atoms. The first-order valence-corrected chi connectivity index (χ1v) is 12.3. The molecule has 0 bridgehead atoms. The zero-order chi connectivity index (χ0) is 24.6. The van der Waals surface area contributed by atoms with Gasteiger partial charge >= 0.3 is 0 Å². The van der Waals surface area contributed by atoms with Crippen molar-refractivity contribution in [1.29, 1.82) is 0 Å². The predicted molar refractivity (Wildman–Crippen MR) is 130 cm³/mol. The third-order valence-corrected chi connectivity index (χ3v) is 7.26. The first kappa shape index (κ1) is 23.0. The van der Waals surface area contributed by atoms with E-state index in [4.69, 9.17) is 23.5 Å². The predicted octanol–water partition coefficient (Wildman–Crippen LogP) is 4.26. The van der Waals surface area contributed by atoms with Gasteiger partial charge in [-0.05, 0) is 29.3 Å². The molecule has 3 aromatic carbocycles. The summed E-state index contributed by atoms with van der Waals surface area (Å²) in [5.41, 5.74) is 3.25. The van der Waals surface area contributed by atoms with Crippen LogP contribution < -0.4 is 18.9 Å². The Hall–Kier alpha value is -3.76. The highest BCUT2D eigenvalue weighted by molar-refractivity contribution is 7.93. The van der Waals surface area contributed by atoms with E-state index >= 15 is 0 Å². The molecule has 9 nitrogen and oxygen atoms in total. The van der Waals surface area contributed by atoms with Crippen LogP contribution in [0.2, 0.25) is 0 Å². The number of nitrogens with zero attached hydrogens (tertiary/aromatic N) is 1. The van der Waals surface area contributed by atoms with E-state index < -0.39 is 10.0 Å². The number of benzene rings is 3. The molecule has 1 unspecified atom stereocenters. The number of sulfonamides is 1. The Morgan fingerprint density at radius 1 is 1.03 bits per heavy atom. The molecule has 2 heterocycles. The van der Waals surface area contributed by atoms with Crippen LogP contribution in [0.25, 0.3) is 22.1 Å². The lowest BCUT2D eigenvalue weighted by molar-refractivity contribution is 0.0959. The van der Waals surface area contributed by atoms with Crippen LogP contribution in [0.5, 0.6) is 17.2 Å². The second kappa shape index (κ2) is 9.12. The van der Waals surface area contributed by atoms with Crippen LogP contribution in [0, 0.1) is 0 Å². The van der Waals surface area contributed by atoms with Gasteiger partial charge < -0.3 is 23.5 Å². The van der Waals surface area contributed by atoms with Gasteiger partial charge in [0.05, 0.1) is 20.8 Å². The van der Waals surface area contributed by atoms with E-state index in [0.29, 0.717) is 29.7 Å². The van der Waals surface area contributed by atoms with Crippen molar-refractivity contribution in [3.63, 3.8) is 0 Å². The smallest absolute Gasteiger partial charge is 0.270 e. The lowest BCUT2D eigenvalue weighted by Crippen LogP contribution is -2.19. The molecule has 1 N–H and O–H groups in total. The summed E-state index contributed by atoms with van der Waals surface area (Å²) < 4.78 is 57.1. The van der Waals surface area contributed by atoms with Crippen LogP contribution in [0.4, 0.5) is 5.82 Å². The number of methoxy groups -OCH3 is 3. The molecule has 0 aliphatic carbocycles. The third kappa shape index (κ3) is 4.04. The van der Waals surface area contributed by atoms with Gasteiger partial charge in [-0.15, -0.1) is 0 Å². The lowest BCUT2D eigenvalue weighted by Gasteiger charge is -2.14. The van der Waals surface area contributed by atoms with Crippen LogP contribution in [0.15, 0.2) is 64.0 Å². The minimum atomic E-state index is -4.17. The van der Waals surface area contributed by atoms with Gasteiger partial charge in [0.25, 0.3) is 10.0 Å². The standard InChI is InChI=1S/C25H24N2O7S/c1-30-14-16-12-18-17(15-8-5-4-6-9-15)13-21-22(23(18)33-16)25(26-34-21)27-35(28,29)24-19(31-2)10-7-11-20(24)32-3/h4-11,13,16H,12,14H2,1-3H3,(H,26,27). The van der Waals surface area contributed by atoms with Gasteiger partial charge in [-0.2, -0.15) is 0 Å². The number of hydrogen-bond donors (Lipinski definition) is 1. The van der Waals surface area contributed by atoms with Crippen molar-refractivity contribution in [2.45, 2.75) is 17.4 Å². The largest absolute Gasteiger partial charge is 0.495 e. The van der Waals surface area contributed by atoms with Crippen LogP contribution in [-0.4, -0.2) is 47.6 Å². The normalized spacial score (nSPS) is 15.0. The van der Waals surface area contributed by atoms with Crippen molar-refractivity contribution in [2.24, 2.45) is 0 Å². The van der Waals surface area contributed by atoms with E-state index in [0.717, 1.165) is 16.7 Å². The Morgan fingerprint density at radius 2 is 1.74 bits per heavy atom. The van der Waals surface area contributed by atoms with Crippen LogP contribution in [0.1, 0.15) is 5.56 Å². The van der Waals surface area contributed by atoms with E-state index in [-0.39, 0.29) is 28.3 Å². The Morgan fingerprint density at radius 3 is 2.40 bits per heavy atom. The van der Waals surface area contributed by atoms with Crippen molar-refractivity contribution in [3.8, 4) is 28.4 Å². The monoisotopic (exact) mass is 496 g/mol. The van der Waals surface area contributed by atoms with E-state index in [1.807, 2.05) is 36.4 Å². The third-order valence-electron chi connectivity index (χ3n) is 5.86. The molecule has 1 aliphatic rings. The summed E-state index contributed by atoms with van der Waals surface area (Å²) >= 11 is 0.